The van der Waals surface area contributed by atoms with Gasteiger partial charge in [0, 0.05) is 21.7 Å². The molecule has 0 radical (unpaired) electrons. The van der Waals surface area contributed by atoms with Crippen LogP contribution in [0, 0.1) is 9.49 Å². The Bertz CT molecular complexity index is 825. The highest BCUT2D eigenvalue weighted by molar-refractivity contribution is 14.1. The van der Waals surface area contributed by atoms with Gasteiger partial charge in [0.25, 0.3) is 5.91 Å². The zero-order chi connectivity index (χ0) is 22.1. The van der Waals surface area contributed by atoms with Crippen LogP contribution in [0.1, 0.15) is 32.8 Å². The van der Waals surface area contributed by atoms with Crippen molar-refractivity contribution >= 4 is 46.0 Å². The maximum Gasteiger partial charge on any atom is 0.261 e. The first-order valence-electron chi connectivity index (χ1n) is 10.00. The Morgan fingerprint density at radius 1 is 1.10 bits per heavy atom. The first-order valence-corrected chi connectivity index (χ1v) is 11.5. The lowest BCUT2D eigenvalue weighted by atomic mass is 10.1. The molecule has 0 spiro atoms. The molecule has 0 fully saturated rings. The summed E-state index contributed by atoms with van der Waals surface area (Å²) in [7, 11) is 0. The van der Waals surface area contributed by atoms with Crippen molar-refractivity contribution in [2.45, 2.75) is 39.8 Å². The van der Waals surface area contributed by atoms with Crippen molar-refractivity contribution in [2.24, 2.45) is 5.92 Å². The van der Waals surface area contributed by atoms with Crippen LogP contribution in [0.5, 0.6) is 5.75 Å². The van der Waals surface area contributed by atoms with Crippen LogP contribution < -0.4 is 10.1 Å². The van der Waals surface area contributed by atoms with Crippen molar-refractivity contribution in [3.05, 3.63) is 62.7 Å². The van der Waals surface area contributed by atoms with E-state index in [1.165, 1.54) is 0 Å². The largest absolute Gasteiger partial charge is 0.484 e. The second kappa shape index (κ2) is 12.2. The van der Waals surface area contributed by atoms with Gasteiger partial charge in [-0.2, -0.15) is 0 Å². The maximum atomic E-state index is 13.1. The maximum absolute atomic E-state index is 13.1. The van der Waals surface area contributed by atoms with Gasteiger partial charge in [0.2, 0.25) is 5.91 Å². The number of rotatable bonds is 10. The summed E-state index contributed by atoms with van der Waals surface area (Å²) >= 11 is 8.20. The molecule has 0 aliphatic heterocycles. The van der Waals surface area contributed by atoms with Gasteiger partial charge in [-0.15, -0.1) is 0 Å². The Kier molecular flexibility index (Phi) is 9.91. The number of nitrogens with zero attached hydrogens (tertiary/aromatic N) is 1. The van der Waals surface area contributed by atoms with Gasteiger partial charge in [0.05, 0.1) is 0 Å². The monoisotopic (exact) mass is 542 g/mol. The van der Waals surface area contributed by atoms with E-state index in [1.807, 2.05) is 57.2 Å². The number of nitrogens with one attached hydrogen (secondary N) is 1. The van der Waals surface area contributed by atoms with Gasteiger partial charge >= 0.3 is 0 Å². The molecule has 0 saturated carbocycles. The molecule has 2 aromatic carbocycles. The van der Waals surface area contributed by atoms with E-state index in [0.717, 1.165) is 9.13 Å². The Morgan fingerprint density at radius 2 is 1.73 bits per heavy atom. The minimum Gasteiger partial charge on any atom is -0.484 e. The van der Waals surface area contributed by atoms with Crippen molar-refractivity contribution < 1.29 is 14.3 Å². The molecule has 0 heterocycles. The lowest BCUT2D eigenvalue weighted by Gasteiger charge is -2.30. The molecule has 0 aromatic heterocycles. The lowest BCUT2D eigenvalue weighted by molar-refractivity contribution is -0.143. The number of halogens is 2. The zero-order valence-corrected chi connectivity index (χ0v) is 20.4. The van der Waals surface area contributed by atoms with E-state index in [4.69, 9.17) is 16.3 Å². The Hall–Kier alpha value is -1.80. The molecule has 30 heavy (non-hydrogen) atoms. The molecule has 0 aliphatic carbocycles. The van der Waals surface area contributed by atoms with Crippen LogP contribution >= 0.6 is 34.2 Å². The van der Waals surface area contributed by atoms with Gasteiger partial charge in [0.1, 0.15) is 11.8 Å². The number of hydrogen-bond acceptors (Lipinski definition) is 3. The van der Waals surface area contributed by atoms with Gasteiger partial charge in [-0.05, 0) is 76.9 Å². The third kappa shape index (κ3) is 7.80. The van der Waals surface area contributed by atoms with Gasteiger partial charge in [0.15, 0.2) is 6.61 Å². The summed E-state index contributed by atoms with van der Waals surface area (Å²) in [6.45, 7) is 6.71. The molecule has 1 N–H and O–H groups in total. The van der Waals surface area contributed by atoms with E-state index in [1.54, 1.807) is 17.0 Å². The standard InChI is InChI=1S/C23H28ClIN2O3/c1-4-21(23(29)26-13-16(2)3)27(14-17-5-7-18(24)8-6-17)22(28)15-30-20-11-9-19(25)10-12-20/h5-12,16,21H,4,13-15H2,1-3H3,(H,26,29). The summed E-state index contributed by atoms with van der Waals surface area (Å²) in [6, 6.07) is 14.2. The first-order chi connectivity index (χ1) is 14.3. The van der Waals surface area contributed by atoms with Crippen molar-refractivity contribution in [3.63, 3.8) is 0 Å². The Morgan fingerprint density at radius 3 is 2.30 bits per heavy atom. The Labute approximate surface area is 197 Å². The van der Waals surface area contributed by atoms with Crippen LogP contribution in [0.3, 0.4) is 0 Å². The third-order valence-electron chi connectivity index (χ3n) is 4.51. The van der Waals surface area contributed by atoms with E-state index in [0.29, 0.717) is 36.2 Å². The van der Waals surface area contributed by atoms with Gasteiger partial charge in [-0.3, -0.25) is 9.59 Å². The molecule has 0 saturated heterocycles. The highest BCUT2D eigenvalue weighted by Gasteiger charge is 2.29. The van der Waals surface area contributed by atoms with Gasteiger partial charge in [-0.25, -0.2) is 0 Å². The molecule has 1 atom stereocenters. The minimum atomic E-state index is -0.577. The summed E-state index contributed by atoms with van der Waals surface area (Å²) in [5, 5.41) is 3.57. The zero-order valence-electron chi connectivity index (χ0n) is 17.5. The normalized spacial score (nSPS) is 11.8. The molecule has 2 rings (SSSR count). The molecular weight excluding hydrogens is 515 g/mol. The number of carbonyl (C=O) groups excluding carboxylic acids is 2. The van der Waals surface area contributed by atoms with Crippen LogP contribution in [-0.4, -0.2) is 35.9 Å². The van der Waals surface area contributed by atoms with E-state index in [2.05, 4.69) is 27.9 Å². The number of hydrogen-bond donors (Lipinski definition) is 1. The van der Waals surface area contributed by atoms with Gasteiger partial charge < -0.3 is 15.0 Å². The highest BCUT2D eigenvalue weighted by atomic mass is 127. The van der Waals surface area contributed by atoms with Crippen molar-refractivity contribution in [2.75, 3.05) is 13.2 Å². The topological polar surface area (TPSA) is 58.6 Å². The van der Waals surface area contributed by atoms with E-state index in [9.17, 15) is 9.59 Å². The lowest BCUT2D eigenvalue weighted by Crippen LogP contribution is -2.50. The van der Waals surface area contributed by atoms with Crippen LogP contribution in [0.4, 0.5) is 0 Å². The average molecular weight is 543 g/mol. The Balaban J connectivity index is 2.17. The molecule has 5 nitrogen and oxygen atoms in total. The smallest absolute Gasteiger partial charge is 0.261 e. The van der Waals surface area contributed by atoms with Crippen LogP contribution in [0.2, 0.25) is 5.02 Å². The molecule has 7 heteroatoms. The van der Waals surface area contributed by atoms with Crippen LogP contribution in [-0.2, 0) is 16.1 Å². The number of ether oxygens (including phenoxy) is 1. The van der Waals surface area contributed by atoms with Crippen LogP contribution in [0.25, 0.3) is 0 Å². The van der Waals surface area contributed by atoms with Crippen molar-refractivity contribution in [3.8, 4) is 5.75 Å². The fraction of sp³-hybridized carbons (Fsp3) is 0.391. The summed E-state index contributed by atoms with van der Waals surface area (Å²) in [5.41, 5.74) is 0.900. The predicted molar refractivity (Wildman–Crippen MR) is 129 cm³/mol. The summed E-state index contributed by atoms with van der Waals surface area (Å²) in [5.74, 6) is 0.557. The van der Waals surface area contributed by atoms with Gasteiger partial charge in [-0.1, -0.05) is 44.5 Å². The average Bonchev–Trinajstić information content (AvgIpc) is 2.72. The van der Waals surface area contributed by atoms with E-state index < -0.39 is 6.04 Å². The SMILES string of the molecule is CCC(C(=O)NCC(C)C)N(Cc1ccc(Cl)cc1)C(=O)COc1ccc(I)cc1. The fourth-order valence-corrected chi connectivity index (χ4v) is 3.37. The molecule has 2 amide bonds. The second-order valence-corrected chi connectivity index (χ2v) is 9.14. The van der Waals surface area contributed by atoms with Crippen molar-refractivity contribution in [1.29, 1.82) is 0 Å². The summed E-state index contributed by atoms with van der Waals surface area (Å²) in [4.78, 5) is 27.5. The quantitative estimate of drug-likeness (QED) is 0.435. The first kappa shape index (κ1) is 24.5. The highest BCUT2D eigenvalue weighted by Crippen LogP contribution is 2.17. The molecular formula is C23H28ClIN2O3. The number of benzene rings is 2. The predicted octanol–water partition coefficient (Wildman–Crippen LogP) is 4.90. The van der Waals surface area contributed by atoms with E-state index >= 15 is 0 Å². The summed E-state index contributed by atoms with van der Waals surface area (Å²) in [6.07, 6.45) is 0.507. The number of carbonyl (C=O) groups is 2. The second-order valence-electron chi connectivity index (χ2n) is 7.45. The molecule has 0 aliphatic rings. The molecule has 2 aromatic rings. The van der Waals surface area contributed by atoms with Crippen LogP contribution in [0.15, 0.2) is 48.5 Å². The number of amides is 2. The minimum absolute atomic E-state index is 0.137. The molecule has 0 bridgehead atoms. The molecule has 1 unspecified atom stereocenters. The fourth-order valence-electron chi connectivity index (χ4n) is 2.89. The summed E-state index contributed by atoms with van der Waals surface area (Å²) < 4.78 is 6.77. The van der Waals surface area contributed by atoms with E-state index in [-0.39, 0.29) is 18.4 Å². The van der Waals surface area contributed by atoms with Crippen molar-refractivity contribution in [1.82, 2.24) is 10.2 Å². The molecule has 162 valence electrons. The third-order valence-corrected chi connectivity index (χ3v) is 5.48.